The maximum atomic E-state index is 12.6. The van der Waals surface area contributed by atoms with E-state index < -0.39 is 15.9 Å². The van der Waals surface area contributed by atoms with Gasteiger partial charge in [-0.1, -0.05) is 0 Å². The molecule has 0 aliphatic rings. The van der Waals surface area contributed by atoms with E-state index in [1.54, 1.807) is 0 Å². The number of anilines is 1. The zero-order chi connectivity index (χ0) is 17.5. The first-order chi connectivity index (χ1) is 11.3. The average molecular weight is 346 g/mol. The topological polar surface area (TPSA) is 126 Å². The minimum absolute atomic E-state index is 0.0204. The number of nitrogens with zero attached hydrogens (tertiary/aromatic N) is 2. The fourth-order valence-corrected chi connectivity index (χ4v) is 3.44. The second-order valence-electron chi connectivity index (χ2n) is 5.06. The molecule has 0 saturated heterocycles. The Balaban J connectivity index is 2.07. The van der Waals surface area contributed by atoms with Crippen molar-refractivity contribution in [3.63, 3.8) is 0 Å². The molecule has 0 aliphatic carbocycles. The van der Waals surface area contributed by atoms with Gasteiger partial charge in [-0.25, -0.2) is 13.4 Å². The highest BCUT2D eigenvalue weighted by Gasteiger charge is 2.19. The van der Waals surface area contributed by atoms with Crippen molar-refractivity contribution in [1.29, 1.82) is 0 Å². The molecule has 0 radical (unpaired) electrons. The molecule has 124 valence electrons. The van der Waals surface area contributed by atoms with Gasteiger partial charge in [-0.2, -0.15) is 0 Å². The minimum Gasteiger partial charge on any atom is -0.530 e. The fraction of sp³-hybridized carbons (Fsp3) is 0.0667. The number of hydrogen-bond acceptors (Lipinski definition) is 6. The molecule has 0 atom stereocenters. The van der Waals surface area contributed by atoms with E-state index >= 15 is 0 Å². The van der Waals surface area contributed by atoms with Gasteiger partial charge in [0.25, 0.3) is 0 Å². The van der Waals surface area contributed by atoms with E-state index in [2.05, 4.69) is 9.97 Å². The molecule has 1 heterocycles. The summed E-state index contributed by atoms with van der Waals surface area (Å²) in [6.07, 6.45) is -1.44. The van der Waals surface area contributed by atoms with Crippen LogP contribution in [0.15, 0.2) is 52.3 Å². The Kier molecular flexibility index (Phi) is 3.64. The molecular weight excluding hydrogens is 334 g/mol. The largest absolute Gasteiger partial charge is 0.530 e. The summed E-state index contributed by atoms with van der Waals surface area (Å²) in [5, 5.41) is 20.1. The molecule has 0 unspecified atom stereocenters. The second-order valence-corrected chi connectivity index (χ2v) is 7.01. The lowest BCUT2D eigenvalue weighted by molar-refractivity contribution is -0.246. The summed E-state index contributed by atoms with van der Waals surface area (Å²) in [4.78, 5) is 18.5. The number of carbonyl (C=O) groups is 1. The molecule has 9 heteroatoms. The highest BCUT2D eigenvalue weighted by Crippen LogP contribution is 2.26. The Morgan fingerprint density at radius 1 is 1.17 bits per heavy atom. The predicted octanol–water partition coefficient (Wildman–Crippen LogP) is 0.881. The molecule has 0 fully saturated rings. The monoisotopic (exact) mass is 346 g/mol. The predicted molar refractivity (Wildman–Crippen MR) is 83.5 cm³/mol. The Morgan fingerprint density at radius 2 is 1.79 bits per heavy atom. The van der Waals surface area contributed by atoms with E-state index in [-0.39, 0.29) is 21.5 Å². The molecule has 8 nitrogen and oxygen atoms in total. The van der Waals surface area contributed by atoms with Gasteiger partial charge >= 0.3 is 0 Å². The normalized spacial score (nSPS) is 11.5. The first-order valence-electron chi connectivity index (χ1n) is 6.77. The van der Waals surface area contributed by atoms with Crippen molar-refractivity contribution >= 4 is 32.9 Å². The van der Waals surface area contributed by atoms with Gasteiger partial charge < -0.3 is 24.9 Å². The van der Waals surface area contributed by atoms with Crippen LogP contribution in [-0.4, -0.2) is 36.6 Å². The number of aromatic amines is 1. The lowest BCUT2D eigenvalue weighted by Crippen LogP contribution is -2.38. The average Bonchev–Trinajstić information content (AvgIpc) is 2.97. The van der Waals surface area contributed by atoms with Gasteiger partial charge in [0.15, 0.2) is 0 Å². The van der Waals surface area contributed by atoms with Gasteiger partial charge in [0.2, 0.25) is 15.8 Å². The van der Waals surface area contributed by atoms with Gasteiger partial charge in [-0.15, -0.1) is 0 Å². The lowest BCUT2D eigenvalue weighted by Gasteiger charge is -2.15. The Labute approximate surface area is 136 Å². The van der Waals surface area contributed by atoms with Crippen molar-refractivity contribution in [1.82, 2.24) is 9.97 Å². The van der Waals surface area contributed by atoms with Crippen LogP contribution in [-0.2, 0) is 9.84 Å². The van der Waals surface area contributed by atoms with Crippen LogP contribution in [0.5, 0.6) is 5.75 Å². The quantitative estimate of drug-likeness (QED) is 0.725. The van der Waals surface area contributed by atoms with E-state index in [4.69, 9.17) is 0 Å². The molecular formula is C15H12N3O5S-. The number of nitrogens with one attached hydrogen (secondary N) is 1. The number of phenolic OH excluding ortho intramolecular Hbond substituents is 1. The smallest absolute Gasteiger partial charge is 0.209 e. The van der Waals surface area contributed by atoms with Crippen LogP contribution in [0.3, 0.4) is 0 Å². The molecule has 0 bridgehead atoms. The van der Waals surface area contributed by atoms with Crippen molar-refractivity contribution in [3.8, 4) is 5.75 Å². The number of carbonyl (C=O) groups excluding carboxylic acids is 1. The number of benzene rings is 2. The van der Waals surface area contributed by atoms with E-state index in [1.165, 1.54) is 49.5 Å². The molecule has 24 heavy (non-hydrogen) atoms. The van der Waals surface area contributed by atoms with Crippen LogP contribution in [0.2, 0.25) is 0 Å². The number of phenols is 1. The maximum Gasteiger partial charge on any atom is 0.209 e. The van der Waals surface area contributed by atoms with E-state index in [0.717, 1.165) is 4.90 Å². The molecule has 3 aromatic rings. The number of amides is 1. The second kappa shape index (κ2) is 5.53. The number of carboxylic acid groups (broad SMARTS) is 1. The number of aromatic nitrogens is 2. The van der Waals surface area contributed by atoms with Crippen LogP contribution >= 0.6 is 0 Å². The van der Waals surface area contributed by atoms with Crippen molar-refractivity contribution < 1.29 is 23.4 Å². The van der Waals surface area contributed by atoms with E-state index in [9.17, 15) is 23.4 Å². The molecule has 2 N–H and O–H groups in total. The van der Waals surface area contributed by atoms with Gasteiger partial charge in [-0.3, -0.25) is 0 Å². The molecule has 3 rings (SSSR count). The first kappa shape index (κ1) is 15.8. The lowest BCUT2D eigenvalue weighted by atomic mass is 10.3. The number of sulfone groups is 1. The van der Waals surface area contributed by atoms with Gasteiger partial charge in [0.05, 0.1) is 20.8 Å². The van der Waals surface area contributed by atoms with Crippen molar-refractivity contribution in [2.75, 3.05) is 11.9 Å². The van der Waals surface area contributed by atoms with E-state index in [1.807, 2.05) is 0 Å². The van der Waals surface area contributed by atoms with Crippen molar-refractivity contribution in [2.24, 2.45) is 0 Å². The third-order valence-electron chi connectivity index (χ3n) is 3.49. The molecule has 1 amide bonds. The van der Waals surface area contributed by atoms with Crippen LogP contribution < -0.4 is 10.0 Å². The summed E-state index contributed by atoms with van der Waals surface area (Å²) in [6, 6.07) is 9.41. The highest BCUT2D eigenvalue weighted by molar-refractivity contribution is 7.91. The van der Waals surface area contributed by atoms with Crippen LogP contribution in [0.1, 0.15) is 0 Å². The summed E-state index contributed by atoms with van der Waals surface area (Å²) in [5.41, 5.74) is 0.792. The maximum absolute atomic E-state index is 12.6. The number of H-pyrrole nitrogens is 1. The van der Waals surface area contributed by atoms with Gasteiger partial charge in [0.1, 0.15) is 11.8 Å². The van der Waals surface area contributed by atoms with Gasteiger partial charge in [-0.05, 0) is 42.5 Å². The number of hydrogen-bond donors (Lipinski definition) is 2. The summed E-state index contributed by atoms with van der Waals surface area (Å²) < 4.78 is 25.2. The zero-order valence-electron chi connectivity index (χ0n) is 12.4. The van der Waals surface area contributed by atoms with Crippen LogP contribution in [0, 0.1) is 0 Å². The number of rotatable bonds is 3. The summed E-state index contributed by atoms with van der Waals surface area (Å²) >= 11 is 0. The molecule has 2 aromatic carbocycles. The summed E-state index contributed by atoms with van der Waals surface area (Å²) in [5.74, 6) is -0.00268. The minimum atomic E-state index is -3.78. The number of imidazole rings is 1. The SMILES string of the molecule is CN(C(=O)[O-])c1nc2ccc(S(=O)(=O)c3ccc(O)cc3)cc2[nH]1. The first-order valence-corrected chi connectivity index (χ1v) is 8.26. The van der Waals surface area contributed by atoms with Crippen LogP contribution in [0.25, 0.3) is 11.0 Å². The Hall–Kier alpha value is -3.07. The fourth-order valence-electron chi connectivity index (χ4n) is 2.15. The molecule has 0 spiro atoms. The molecule has 0 aliphatic heterocycles. The Bertz CT molecular complexity index is 1020. The number of aromatic hydroxyl groups is 1. The third-order valence-corrected chi connectivity index (χ3v) is 5.26. The van der Waals surface area contributed by atoms with E-state index in [0.29, 0.717) is 11.0 Å². The number of fused-ring (bicyclic) bond motifs is 1. The zero-order valence-corrected chi connectivity index (χ0v) is 13.2. The van der Waals surface area contributed by atoms with Gasteiger partial charge in [0, 0.05) is 7.05 Å². The third kappa shape index (κ3) is 2.65. The molecule has 1 aromatic heterocycles. The summed E-state index contributed by atoms with van der Waals surface area (Å²) in [6.45, 7) is 0. The standard InChI is InChI=1S/C15H13N3O5S/c1-18(15(20)21)14-16-12-7-6-11(8-13(12)17-14)24(22,23)10-4-2-9(19)3-5-10/h2-8,19H,1H3,(H,16,17)(H,20,21)/p-1. The molecule has 0 saturated carbocycles. The summed E-state index contributed by atoms with van der Waals surface area (Å²) in [7, 11) is -2.51. The highest BCUT2D eigenvalue weighted by atomic mass is 32.2. The van der Waals surface area contributed by atoms with Crippen molar-refractivity contribution in [3.05, 3.63) is 42.5 Å². The Morgan fingerprint density at radius 3 is 2.42 bits per heavy atom. The van der Waals surface area contributed by atoms with Crippen molar-refractivity contribution in [2.45, 2.75) is 9.79 Å². The van der Waals surface area contributed by atoms with Crippen LogP contribution in [0.4, 0.5) is 10.7 Å².